The first-order valence-electron chi connectivity index (χ1n) is 8.48. The number of nitrogens with zero attached hydrogens (tertiary/aromatic N) is 3. The molecule has 1 aromatic heterocycles. The molecule has 6 heteroatoms. The summed E-state index contributed by atoms with van der Waals surface area (Å²) in [4.78, 5) is 14.4. The van der Waals surface area contributed by atoms with Crippen LogP contribution in [0.4, 0.5) is 5.69 Å². The predicted molar refractivity (Wildman–Crippen MR) is 104 cm³/mol. The Balaban J connectivity index is 1.68. The van der Waals surface area contributed by atoms with Gasteiger partial charge in [-0.1, -0.05) is 48.2 Å². The normalized spacial score (nSPS) is 10.7. The molecule has 0 saturated heterocycles. The Morgan fingerprint density at radius 3 is 2.42 bits per heavy atom. The number of amides is 1. The molecule has 0 N–H and O–H groups in total. The lowest BCUT2D eigenvalue weighted by Gasteiger charge is -2.22. The van der Waals surface area contributed by atoms with Gasteiger partial charge in [-0.25, -0.2) is 0 Å². The van der Waals surface area contributed by atoms with Crippen LogP contribution in [0.15, 0.2) is 58.2 Å². The zero-order chi connectivity index (χ0) is 18.5. The van der Waals surface area contributed by atoms with E-state index >= 15 is 0 Å². The van der Waals surface area contributed by atoms with E-state index in [1.165, 1.54) is 11.8 Å². The van der Waals surface area contributed by atoms with Crippen molar-refractivity contribution in [3.05, 3.63) is 59.7 Å². The fourth-order valence-electron chi connectivity index (χ4n) is 2.74. The SMILES string of the molecule is CCN(C(=O)CSc1nnc(-c2ccccc2C)o1)c1ccccc1C. The average Bonchev–Trinajstić information content (AvgIpc) is 3.11. The van der Waals surface area contributed by atoms with E-state index in [0.29, 0.717) is 17.7 Å². The van der Waals surface area contributed by atoms with Gasteiger partial charge < -0.3 is 9.32 Å². The summed E-state index contributed by atoms with van der Waals surface area (Å²) in [6, 6.07) is 15.7. The van der Waals surface area contributed by atoms with Crippen molar-refractivity contribution in [1.29, 1.82) is 0 Å². The number of thioether (sulfide) groups is 1. The lowest BCUT2D eigenvalue weighted by Crippen LogP contribution is -2.32. The summed E-state index contributed by atoms with van der Waals surface area (Å²) in [5.41, 5.74) is 3.99. The number of benzene rings is 2. The van der Waals surface area contributed by atoms with Crippen LogP contribution in [0.5, 0.6) is 0 Å². The minimum absolute atomic E-state index is 0.0161. The molecule has 1 amide bonds. The van der Waals surface area contributed by atoms with Crippen molar-refractivity contribution < 1.29 is 9.21 Å². The molecular formula is C20H21N3O2S. The van der Waals surface area contributed by atoms with Gasteiger partial charge in [0.05, 0.1) is 5.75 Å². The average molecular weight is 367 g/mol. The van der Waals surface area contributed by atoms with Gasteiger partial charge in [-0.05, 0) is 44.0 Å². The number of hydrogen-bond donors (Lipinski definition) is 0. The highest BCUT2D eigenvalue weighted by Crippen LogP contribution is 2.26. The van der Waals surface area contributed by atoms with Gasteiger partial charge in [-0.2, -0.15) is 0 Å². The highest BCUT2D eigenvalue weighted by atomic mass is 32.2. The maximum Gasteiger partial charge on any atom is 0.277 e. The van der Waals surface area contributed by atoms with E-state index in [1.807, 2.05) is 69.3 Å². The van der Waals surface area contributed by atoms with Gasteiger partial charge >= 0.3 is 0 Å². The Morgan fingerprint density at radius 1 is 1.04 bits per heavy atom. The molecule has 0 aliphatic heterocycles. The van der Waals surface area contributed by atoms with Crippen molar-refractivity contribution in [2.45, 2.75) is 26.0 Å². The summed E-state index contributed by atoms with van der Waals surface area (Å²) in [7, 11) is 0. The molecule has 0 spiro atoms. The molecule has 0 saturated carbocycles. The van der Waals surface area contributed by atoms with Crippen LogP contribution in [0, 0.1) is 13.8 Å². The first-order valence-corrected chi connectivity index (χ1v) is 9.47. The molecule has 0 fully saturated rings. The maximum absolute atomic E-state index is 12.6. The Bertz CT molecular complexity index is 907. The van der Waals surface area contributed by atoms with Crippen LogP contribution in [0.2, 0.25) is 0 Å². The number of hydrogen-bond acceptors (Lipinski definition) is 5. The van der Waals surface area contributed by atoms with E-state index in [-0.39, 0.29) is 11.7 Å². The molecular weight excluding hydrogens is 346 g/mol. The first kappa shape index (κ1) is 18.2. The van der Waals surface area contributed by atoms with Crippen LogP contribution < -0.4 is 4.90 Å². The van der Waals surface area contributed by atoms with Crippen molar-refractivity contribution in [3.8, 4) is 11.5 Å². The number of aryl methyl sites for hydroxylation is 2. The van der Waals surface area contributed by atoms with Crippen LogP contribution in [0.3, 0.4) is 0 Å². The predicted octanol–water partition coefficient (Wildman–Crippen LogP) is 4.50. The third kappa shape index (κ3) is 3.96. The minimum Gasteiger partial charge on any atom is -0.411 e. The lowest BCUT2D eigenvalue weighted by molar-refractivity contribution is -0.116. The Labute approximate surface area is 157 Å². The number of anilines is 1. The van der Waals surface area contributed by atoms with Crippen molar-refractivity contribution in [2.24, 2.45) is 0 Å². The largest absolute Gasteiger partial charge is 0.411 e. The quantitative estimate of drug-likeness (QED) is 0.601. The molecule has 5 nitrogen and oxygen atoms in total. The molecule has 0 atom stereocenters. The second-order valence-electron chi connectivity index (χ2n) is 5.90. The lowest BCUT2D eigenvalue weighted by atomic mass is 10.1. The molecule has 134 valence electrons. The van der Waals surface area contributed by atoms with Crippen LogP contribution in [0.25, 0.3) is 11.5 Å². The summed E-state index contributed by atoms with van der Waals surface area (Å²) in [5.74, 6) is 0.740. The van der Waals surface area contributed by atoms with Gasteiger partial charge in [0, 0.05) is 17.8 Å². The second-order valence-corrected chi connectivity index (χ2v) is 6.83. The molecule has 0 unspecified atom stereocenters. The van der Waals surface area contributed by atoms with Crippen molar-refractivity contribution in [2.75, 3.05) is 17.2 Å². The summed E-state index contributed by atoms with van der Waals surface area (Å²) in [6.07, 6.45) is 0. The van der Waals surface area contributed by atoms with Gasteiger partial charge in [-0.15, -0.1) is 10.2 Å². The molecule has 0 aliphatic carbocycles. The molecule has 26 heavy (non-hydrogen) atoms. The highest BCUT2D eigenvalue weighted by molar-refractivity contribution is 7.99. The van der Waals surface area contributed by atoms with Crippen LogP contribution in [0.1, 0.15) is 18.1 Å². The Kier molecular flexibility index (Phi) is 5.73. The van der Waals surface area contributed by atoms with Crippen LogP contribution >= 0.6 is 11.8 Å². The standard InChI is InChI=1S/C20H21N3O2S/c1-4-23(17-12-8-6-10-15(17)3)18(24)13-26-20-22-21-19(25-20)16-11-7-5-9-14(16)2/h5-12H,4,13H2,1-3H3. The zero-order valence-corrected chi connectivity index (χ0v) is 15.9. The highest BCUT2D eigenvalue weighted by Gasteiger charge is 2.18. The zero-order valence-electron chi connectivity index (χ0n) is 15.1. The third-order valence-electron chi connectivity index (χ3n) is 4.12. The van der Waals surface area contributed by atoms with E-state index in [1.54, 1.807) is 4.90 Å². The summed E-state index contributed by atoms with van der Waals surface area (Å²) >= 11 is 1.26. The smallest absolute Gasteiger partial charge is 0.277 e. The fourth-order valence-corrected chi connectivity index (χ4v) is 3.38. The molecule has 2 aromatic carbocycles. The minimum atomic E-state index is 0.0161. The van der Waals surface area contributed by atoms with Crippen molar-refractivity contribution in [1.82, 2.24) is 10.2 Å². The van der Waals surface area contributed by atoms with E-state index in [9.17, 15) is 4.79 Å². The van der Waals surface area contributed by atoms with E-state index in [4.69, 9.17) is 4.42 Å². The summed E-state index contributed by atoms with van der Waals surface area (Å²) in [5, 5.41) is 8.56. The monoisotopic (exact) mass is 367 g/mol. The number of carbonyl (C=O) groups is 1. The van der Waals surface area contributed by atoms with E-state index in [2.05, 4.69) is 10.2 Å². The molecule has 0 aliphatic rings. The van der Waals surface area contributed by atoms with E-state index in [0.717, 1.165) is 22.4 Å². The van der Waals surface area contributed by atoms with Gasteiger partial charge in [0.15, 0.2) is 0 Å². The molecule has 3 rings (SSSR count). The molecule has 3 aromatic rings. The van der Waals surface area contributed by atoms with Gasteiger partial charge in [0.1, 0.15) is 0 Å². The number of aromatic nitrogens is 2. The van der Waals surface area contributed by atoms with Crippen molar-refractivity contribution in [3.63, 3.8) is 0 Å². The summed E-state index contributed by atoms with van der Waals surface area (Å²) < 4.78 is 5.71. The fraction of sp³-hybridized carbons (Fsp3) is 0.250. The number of rotatable bonds is 6. The van der Waals surface area contributed by atoms with Gasteiger partial charge in [0.2, 0.25) is 11.8 Å². The Morgan fingerprint density at radius 2 is 1.73 bits per heavy atom. The van der Waals surface area contributed by atoms with Crippen LogP contribution in [-0.4, -0.2) is 28.4 Å². The van der Waals surface area contributed by atoms with E-state index < -0.39 is 0 Å². The summed E-state index contributed by atoms with van der Waals surface area (Å²) in [6.45, 7) is 6.59. The number of para-hydroxylation sites is 1. The second kappa shape index (κ2) is 8.19. The van der Waals surface area contributed by atoms with Gasteiger partial charge in [0.25, 0.3) is 5.22 Å². The molecule has 1 heterocycles. The maximum atomic E-state index is 12.6. The number of carbonyl (C=O) groups excluding carboxylic acids is 1. The van der Waals surface area contributed by atoms with Gasteiger partial charge in [-0.3, -0.25) is 4.79 Å². The molecule has 0 radical (unpaired) electrons. The van der Waals surface area contributed by atoms with Crippen molar-refractivity contribution >= 4 is 23.4 Å². The Hall–Kier alpha value is -2.60. The van der Waals surface area contributed by atoms with Crippen LogP contribution in [-0.2, 0) is 4.79 Å². The third-order valence-corrected chi connectivity index (χ3v) is 4.93. The molecule has 0 bridgehead atoms. The topological polar surface area (TPSA) is 59.2 Å². The first-order chi connectivity index (χ1) is 12.6.